The summed E-state index contributed by atoms with van der Waals surface area (Å²) in [7, 11) is 2.89. The maximum atomic E-state index is 11.4. The molecule has 0 aliphatic carbocycles. The third-order valence-corrected chi connectivity index (χ3v) is 2.88. The van der Waals surface area contributed by atoms with Gasteiger partial charge in [0.15, 0.2) is 0 Å². The lowest BCUT2D eigenvalue weighted by atomic mass is 10.2. The van der Waals surface area contributed by atoms with E-state index >= 15 is 0 Å². The summed E-state index contributed by atoms with van der Waals surface area (Å²) < 4.78 is 11.3. The number of esters is 1. The molecular formula is C12H11N5O3. The van der Waals surface area contributed by atoms with Crippen LogP contribution in [-0.2, 0) is 9.53 Å². The Hall–Kier alpha value is -2.90. The van der Waals surface area contributed by atoms with Crippen molar-refractivity contribution in [1.29, 1.82) is 0 Å². The number of fused-ring (bicyclic) bond motifs is 3. The van der Waals surface area contributed by atoms with Gasteiger partial charge in [-0.1, -0.05) is 0 Å². The highest BCUT2D eigenvalue weighted by molar-refractivity contribution is 5.95. The third-order valence-electron chi connectivity index (χ3n) is 2.88. The van der Waals surface area contributed by atoms with Gasteiger partial charge in [-0.05, 0) is 22.6 Å². The van der Waals surface area contributed by atoms with Gasteiger partial charge in [0.1, 0.15) is 5.75 Å². The zero-order valence-electron chi connectivity index (χ0n) is 10.8. The lowest BCUT2D eigenvalue weighted by Crippen LogP contribution is -2.17. The molecule has 2 heterocycles. The van der Waals surface area contributed by atoms with Crippen LogP contribution >= 0.6 is 0 Å². The number of nitrogens with zero attached hydrogens (tertiary/aromatic N) is 4. The van der Waals surface area contributed by atoms with Gasteiger partial charge in [0, 0.05) is 6.07 Å². The standard InChI is InChI=1S/C12H11N5O3/c1-19-7-3-4-8-10(5-7)17-12(14-15-16-17)9(13-8)6-11(18)20-2/h3-6,13H,1-2H3. The van der Waals surface area contributed by atoms with Crippen LogP contribution < -0.4 is 10.1 Å². The summed E-state index contributed by atoms with van der Waals surface area (Å²) in [6.45, 7) is 0. The van der Waals surface area contributed by atoms with E-state index in [2.05, 4.69) is 25.6 Å². The van der Waals surface area contributed by atoms with Crippen LogP contribution in [0.4, 0.5) is 5.69 Å². The number of carbonyl (C=O) groups is 1. The molecule has 0 unspecified atom stereocenters. The van der Waals surface area contributed by atoms with Gasteiger partial charge < -0.3 is 14.8 Å². The van der Waals surface area contributed by atoms with Gasteiger partial charge >= 0.3 is 5.97 Å². The predicted octanol–water partition coefficient (Wildman–Crippen LogP) is 0.610. The maximum absolute atomic E-state index is 11.4. The van der Waals surface area contributed by atoms with Gasteiger partial charge in [-0.25, -0.2) is 4.79 Å². The highest BCUT2D eigenvalue weighted by atomic mass is 16.5. The van der Waals surface area contributed by atoms with E-state index in [4.69, 9.17) is 4.74 Å². The first kappa shape index (κ1) is 12.2. The minimum absolute atomic E-state index is 0.427. The molecule has 1 aromatic heterocycles. The van der Waals surface area contributed by atoms with Gasteiger partial charge in [0.2, 0.25) is 5.82 Å². The monoisotopic (exact) mass is 273 g/mol. The molecule has 0 saturated carbocycles. The van der Waals surface area contributed by atoms with Crippen LogP contribution in [0.5, 0.6) is 5.75 Å². The molecule has 1 aliphatic rings. The Kier molecular flexibility index (Phi) is 2.82. The van der Waals surface area contributed by atoms with E-state index in [-0.39, 0.29) is 0 Å². The topological polar surface area (TPSA) is 91.2 Å². The van der Waals surface area contributed by atoms with Crippen LogP contribution in [0.3, 0.4) is 0 Å². The number of benzene rings is 1. The third kappa shape index (κ3) is 1.87. The number of methoxy groups -OCH3 is 2. The number of nitrogens with one attached hydrogen (secondary N) is 1. The number of tetrazole rings is 1. The fourth-order valence-corrected chi connectivity index (χ4v) is 1.92. The van der Waals surface area contributed by atoms with Gasteiger partial charge in [-0.3, -0.25) is 0 Å². The number of ether oxygens (including phenoxy) is 2. The van der Waals surface area contributed by atoms with Crippen molar-refractivity contribution in [3.8, 4) is 11.4 Å². The number of hydrogen-bond donors (Lipinski definition) is 1. The second-order valence-electron chi connectivity index (χ2n) is 4.00. The lowest BCUT2D eigenvalue weighted by Gasteiger charge is -2.20. The van der Waals surface area contributed by atoms with Crippen molar-refractivity contribution in [3.05, 3.63) is 30.1 Å². The summed E-state index contributed by atoms with van der Waals surface area (Å²) in [4.78, 5) is 11.4. The van der Waals surface area contributed by atoms with Crippen molar-refractivity contribution in [2.24, 2.45) is 0 Å². The maximum Gasteiger partial charge on any atom is 0.332 e. The van der Waals surface area contributed by atoms with E-state index in [1.165, 1.54) is 17.9 Å². The molecule has 0 atom stereocenters. The van der Waals surface area contributed by atoms with E-state index in [1.54, 1.807) is 19.2 Å². The van der Waals surface area contributed by atoms with Crippen molar-refractivity contribution in [1.82, 2.24) is 20.2 Å². The van der Waals surface area contributed by atoms with Crippen molar-refractivity contribution >= 4 is 17.4 Å². The molecule has 8 nitrogen and oxygen atoms in total. The Labute approximate surface area is 114 Å². The van der Waals surface area contributed by atoms with E-state index in [0.29, 0.717) is 17.3 Å². The summed E-state index contributed by atoms with van der Waals surface area (Å²) in [5.74, 6) is 0.627. The van der Waals surface area contributed by atoms with Gasteiger partial charge in [0.25, 0.3) is 0 Å². The highest BCUT2D eigenvalue weighted by Crippen LogP contribution is 2.33. The summed E-state index contributed by atoms with van der Waals surface area (Å²) in [6.07, 6.45) is 1.30. The minimum atomic E-state index is -0.487. The first-order valence-corrected chi connectivity index (χ1v) is 5.77. The second kappa shape index (κ2) is 4.65. The Morgan fingerprint density at radius 2 is 2.25 bits per heavy atom. The van der Waals surface area contributed by atoms with Crippen LogP contribution in [0.25, 0.3) is 11.4 Å². The molecule has 0 saturated heterocycles. The van der Waals surface area contributed by atoms with Gasteiger partial charge in [-0.15, -0.1) is 5.10 Å². The summed E-state index contributed by atoms with van der Waals surface area (Å²) in [5, 5.41) is 14.6. The number of aromatic nitrogens is 4. The normalized spacial score (nSPS) is 14.2. The number of hydrogen-bond acceptors (Lipinski definition) is 7. The molecular weight excluding hydrogens is 262 g/mol. The van der Waals surface area contributed by atoms with Crippen LogP contribution in [0.15, 0.2) is 24.3 Å². The zero-order chi connectivity index (χ0) is 14.1. The molecule has 1 aromatic carbocycles. The average Bonchev–Trinajstić information content (AvgIpc) is 2.97. The molecule has 1 aliphatic heterocycles. The van der Waals surface area contributed by atoms with Gasteiger partial charge in [0.05, 0.1) is 37.4 Å². The van der Waals surface area contributed by atoms with E-state index in [9.17, 15) is 4.79 Å². The highest BCUT2D eigenvalue weighted by Gasteiger charge is 2.23. The zero-order valence-corrected chi connectivity index (χ0v) is 10.8. The van der Waals surface area contributed by atoms with E-state index in [1.807, 2.05) is 6.07 Å². The summed E-state index contributed by atoms with van der Waals surface area (Å²) in [6, 6.07) is 5.43. The largest absolute Gasteiger partial charge is 0.497 e. The molecule has 0 fully saturated rings. The molecule has 102 valence electrons. The summed E-state index contributed by atoms with van der Waals surface area (Å²) in [5.41, 5.74) is 1.98. The lowest BCUT2D eigenvalue weighted by molar-refractivity contribution is -0.134. The Morgan fingerprint density at radius 3 is 3.00 bits per heavy atom. The first-order chi connectivity index (χ1) is 9.72. The van der Waals surface area contributed by atoms with Crippen LogP contribution in [-0.4, -0.2) is 40.4 Å². The Balaban J connectivity index is 2.13. The van der Waals surface area contributed by atoms with Crippen LogP contribution in [0, 0.1) is 0 Å². The molecule has 0 amide bonds. The molecule has 2 aromatic rings. The summed E-state index contributed by atoms with van der Waals surface area (Å²) >= 11 is 0. The molecule has 1 N–H and O–H groups in total. The fraction of sp³-hybridized carbons (Fsp3) is 0.167. The molecule has 8 heteroatoms. The Bertz CT molecular complexity index is 707. The van der Waals surface area contributed by atoms with Crippen LogP contribution in [0.2, 0.25) is 0 Å². The minimum Gasteiger partial charge on any atom is -0.497 e. The molecule has 0 spiro atoms. The molecule has 0 bridgehead atoms. The van der Waals surface area contributed by atoms with Crippen molar-refractivity contribution in [2.45, 2.75) is 0 Å². The quantitative estimate of drug-likeness (QED) is 0.633. The number of rotatable bonds is 2. The number of carbonyl (C=O) groups excluding carboxylic acids is 1. The van der Waals surface area contributed by atoms with Crippen LogP contribution in [0.1, 0.15) is 5.82 Å². The Morgan fingerprint density at radius 1 is 1.40 bits per heavy atom. The van der Waals surface area contributed by atoms with E-state index < -0.39 is 5.97 Å². The predicted molar refractivity (Wildman–Crippen MR) is 69.3 cm³/mol. The first-order valence-electron chi connectivity index (χ1n) is 5.77. The van der Waals surface area contributed by atoms with Gasteiger partial charge in [-0.2, -0.15) is 4.68 Å². The van der Waals surface area contributed by atoms with Crippen molar-refractivity contribution in [2.75, 3.05) is 19.5 Å². The fourth-order valence-electron chi connectivity index (χ4n) is 1.92. The smallest absolute Gasteiger partial charge is 0.332 e. The van der Waals surface area contributed by atoms with Crippen molar-refractivity contribution in [3.63, 3.8) is 0 Å². The molecule has 0 radical (unpaired) electrons. The van der Waals surface area contributed by atoms with E-state index in [0.717, 1.165) is 11.4 Å². The average molecular weight is 273 g/mol. The molecule has 20 heavy (non-hydrogen) atoms. The van der Waals surface area contributed by atoms with Crippen molar-refractivity contribution < 1.29 is 14.3 Å². The number of anilines is 1. The molecule has 3 rings (SSSR count). The SMILES string of the molecule is COC(=O)C=C1Nc2ccc(OC)cc2-n2nnnc21. The second-order valence-corrected chi connectivity index (χ2v) is 4.00.